The predicted molar refractivity (Wildman–Crippen MR) is 127 cm³/mol. The maximum absolute atomic E-state index is 13.2. The second kappa shape index (κ2) is 9.27. The molecule has 1 atom stereocenters. The third kappa shape index (κ3) is 4.52. The summed E-state index contributed by atoms with van der Waals surface area (Å²) in [6, 6.07) is 17.8. The lowest BCUT2D eigenvalue weighted by Gasteiger charge is -2.23. The molecule has 0 bridgehead atoms. The molecule has 0 unspecified atom stereocenters. The predicted octanol–water partition coefficient (Wildman–Crippen LogP) is 5.02. The van der Waals surface area contributed by atoms with Crippen LogP contribution in [0.4, 0.5) is 5.69 Å². The van der Waals surface area contributed by atoms with Crippen LogP contribution in [-0.2, 0) is 17.9 Å². The Balaban J connectivity index is 1.38. The third-order valence-electron chi connectivity index (χ3n) is 5.82. The highest BCUT2D eigenvalue weighted by Crippen LogP contribution is 2.34. The summed E-state index contributed by atoms with van der Waals surface area (Å²) in [6.07, 6.45) is -0.0323. The number of carbonyl (C=O) groups excluding carboxylic acids is 2. The van der Waals surface area contributed by atoms with E-state index >= 15 is 0 Å². The molecule has 3 aromatic carbocycles. The van der Waals surface area contributed by atoms with E-state index in [-0.39, 0.29) is 18.6 Å². The average molecular weight is 479 g/mol. The smallest absolute Gasteiger partial charge is 0.264 e. The third-order valence-corrected chi connectivity index (χ3v) is 6.08. The van der Waals surface area contributed by atoms with Crippen molar-refractivity contribution in [1.29, 1.82) is 0 Å². The van der Waals surface area contributed by atoms with Gasteiger partial charge in [0.05, 0.1) is 0 Å². The Bertz CT molecular complexity index is 1240. The van der Waals surface area contributed by atoms with E-state index in [1.165, 1.54) is 0 Å². The van der Waals surface area contributed by atoms with Crippen molar-refractivity contribution in [2.75, 3.05) is 12.1 Å². The second-order valence-electron chi connectivity index (χ2n) is 8.18. The van der Waals surface area contributed by atoms with Gasteiger partial charge in [0.15, 0.2) is 17.6 Å². The van der Waals surface area contributed by atoms with Crippen LogP contribution in [0.5, 0.6) is 17.2 Å². The number of hydrogen-bond donors (Lipinski definition) is 1. The maximum Gasteiger partial charge on any atom is 0.264 e. The van der Waals surface area contributed by atoms with Crippen LogP contribution >= 0.6 is 11.6 Å². The quantitative estimate of drug-likeness (QED) is 0.557. The number of carbonyl (C=O) groups is 2. The molecule has 2 heterocycles. The molecule has 0 radical (unpaired) electrons. The van der Waals surface area contributed by atoms with Gasteiger partial charge in [-0.05, 0) is 66.6 Å². The van der Waals surface area contributed by atoms with Crippen molar-refractivity contribution in [3.63, 3.8) is 0 Å². The minimum atomic E-state index is -0.579. The van der Waals surface area contributed by atoms with E-state index in [9.17, 15) is 9.59 Å². The van der Waals surface area contributed by atoms with E-state index in [0.29, 0.717) is 53.0 Å². The monoisotopic (exact) mass is 478 g/mol. The van der Waals surface area contributed by atoms with E-state index < -0.39 is 6.10 Å². The molecule has 0 saturated heterocycles. The van der Waals surface area contributed by atoms with Gasteiger partial charge in [-0.25, -0.2) is 0 Å². The van der Waals surface area contributed by atoms with Crippen LogP contribution < -0.4 is 19.5 Å². The van der Waals surface area contributed by atoms with E-state index in [0.717, 1.165) is 11.1 Å². The summed E-state index contributed by atoms with van der Waals surface area (Å²) in [4.78, 5) is 27.6. The number of ether oxygens (including phenoxy) is 3. The van der Waals surface area contributed by atoms with Crippen molar-refractivity contribution >= 4 is 29.1 Å². The Morgan fingerprint density at radius 1 is 1.03 bits per heavy atom. The molecule has 2 aliphatic heterocycles. The Morgan fingerprint density at radius 2 is 1.79 bits per heavy atom. The summed E-state index contributed by atoms with van der Waals surface area (Å²) in [5.41, 5.74) is 2.87. The molecule has 7 nitrogen and oxygen atoms in total. The number of hydrogen-bond acceptors (Lipinski definition) is 5. The SMILES string of the molecule is CC[C@@H]1Oc2ccc(NC(=O)c3ccc(Cl)cc3)cc2CN(Cc2ccc3c(c2)OCO3)C1=O. The Labute approximate surface area is 202 Å². The van der Waals surface area contributed by atoms with Crippen LogP contribution in [0, 0.1) is 0 Å². The molecule has 3 aromatic rings. The molecule has 0 spiro atoms. The van der Waals surface area contributed by atoms with Crippen LogP contribution in [-0.4, -0.2) is 29.6 Å². The van der Waals surface area contributed by atoms with Crippen LogP contribution in [0.3, 0.4) is 0 Å². The van der Waals surface area contributed by atoms with Crippen LogP contribution in [0.15, 0.2) is 60.7 Å². The molecule has 2 aliphatic rings. The number of anilines is 1. The van der Waals surface area contributed by atoms with Gasteiger partial charge in [-0.15, -0.1) is 0 Å². The van der Waals surface area contributed by atoms with Gasteiger partial charge in [0.25, 0.3) is 11.8 Å². The van der Waals surface area contributed by atoms with E-state index in [1.54, 1.807) is 41.3 Å². The number of nitrogens with one attached hydrogen (secondary N) is 1. The maximum atomic E-state index is 13.2. The number of fused-ring (bicyclic) bond motifs is 2. The van der Waals surface area contributed by atoms with Crippen molar-refractivity contribution in [3.8, 4) is 17.2 Å². The standard InChI is InChI=1S/C26H23ClN2O5/c1-2-21-26(31)29(13-16-3-9-23-24(11-16)33-15-32-23)14-18-12-20(8-10-22(18)34-21)28-25(30)17-4-6-19(27)7-5-17/h3-12,21H,2,13-15H2,1H3,(H,28,30)/t21-/m0/s1. The summed E-state index contributed by atoms with van der Waals surface area (Å²) in [5.74, 6) is 1.69. The molecule has 0 aliphatic carbocycles. The largest absolute Gasteiger partial charge is 0.480 e. The minimum absolute atomic E-state index is 0.0804. The van der Waals surface area contributed by atoms with Crippen molar-refractivity contribution in [2.45, 2.75) is 32.5 Å². The normalized spacial score (nSPS) is 16.5. The fourth-order valence-electron chi connectivity index (χ4n) is 4.04. The van der Waals surface area contributed by atoms with E-state index in [1.807, 2.05) is 31.2 Å². The van der Waals surface area contributed by atoms with Crippen LogP contribution in [0.2, 0.25) is 5.02 Å². The molecular formula is C26H23ClN2O5. The van der Waals surface area contributed by atoms with Crippen molar-refractivity contribution < 1.29 is 23.8 Å². The van der Waals surface area contributed by atoms with Crippen LogP contribution in [0.1, 0.15) is 34.8 Å². The lowest BCUT2D eigenvalue weighted by molar-refractivity contribution is -0.139. The first kappa shape index (κ1) is 22.1. The van der Waals surface area contributed by atoms with Crippen molar-refractivity contribution in [3.05, 3.63) is 82.4 Å². The van der Waals surface area contributed by atoms with Gasteiger partial charge < -0.3 is 24.4 Å². The summed E-state index contributed by atoms with van der Waals surface area (Å²) >= 11 is 5.92. The molecule has 174 valence electrons. The molecule has 1 N–H and O–H groups in total. The molecule has 34 heavy (non-hydrogen) atoms. The van der Waals surface area contributed by atoms with Crippen molar-refractivity contribution in [2.24, 2.45) is 0 Å². The first-order chi connectivity index (χ1) is 16.5. The van der Waals surface area contributed by atoms with Gasteiger partial charge >= 0.3 is 0 Å². The molecule has 0 fully saturated rings. The van der Waals surface area contributed by atoms with Gasteiger partial charge in [-0.2, -0.15) is 0 Å². The highest BCUT2D eigenvalue weighted by Gasteiger charge is 2.30. The summed E-state index contributed by atoms with van der Waals surface area (Å²) < 4.78 is 16.9. The van der Waals surface area contributed by atoms with Gasteiger partial charge in [0.2, 0.25) is 6.79 Å². The first-order valence-corrected chi connectivity index (χ1v) is 11.4. The summed E-state index contributed by atoms with van der Waals surface area (Å²) in [7, 11) is 0. The van der Waals surface area contributed by atoms with E-state index in [2.05, 4.69) is 5.32 Å². The first-order valence-electron chi connectivity index (χ1n) is 11.0. The lowest BCUT2D eigenvalue weighted by Crippen LogP contribution is -2.38. The molecule has 5 rings (SSSR count). The zero-order valence-corrected chi connectivity index (χ0v) is 19.3. The van der Waals surface area contributed by atoms with Gasteiger partial charge in [0, 0.05) is 34.9 Å². The number of halogens is 1. The highest BCUT2D eigenvalue weighted by molar-refractivity contribution is 6.30. The van der Waals surface area contributed by atoms with Gasteiger partial charge in [0.1, 0.15) is 5.75 Å². The number of amides is 2. The Kier molecular flexibility index (Phi) is 6.02. The lowest BCUT2D eigenvalue weighted by atomic mass is 10.1. The van der Waals surface area contributed by atoms with Crippen molar-refractivity contribution in [1.82, 2.24) is 4.90 Å². The topological polar surface area (TPSA) is 77.1 Å². The zero-order valence-electron chi connectivity index (χ0n) is 18.5. The second-order valence-corrected chi connectivity index (χ2v) is 8.62. The Morgan fingerprint density at radius 3 is 2.59 bits per heavy atom. The zero-order chi connectivity index (χ0) is 23.7. The molecule has 8 heteroatoms. The summed E-state index contributed by atoms with van der Waals surface area (Å²) in [5, 5.41) is 3.47. The molecule has 2 amide bonds. The highest BCUT2D eigenvalue weighted by atomic mass is 35.5. The average Bonchev–Trinajstić information content (AvgIpc) is 3.26. The minimum Gasteiger partial charge on any atom is -0.480 e. The van der Waals surface area contributed by atoms with Crippen LogP contribution in [0.25, 0.3) is 0 Å². The number of rotatable bonds is 5. The Hall–Kier alpha value is -3.71. The summed E-state index contributed by atoms with van der Waals surface area (Å²) in [6.45, 7) is 2.87. The molecule has 0 aromatic heterocycles. The van der Waals surface area contributed by atoms with Gasteiger partial charge in [-0.3, -0.25) is 9.59 Å². The van der Waals surface area contributed by atoms with E-state index in [4.69, 9.17) is 25.8 Å². The number of benzene rings is 3. The molecule has 0 saturated carbocycles. The van der Waals surface area contributed by atoms with Gasteiger partial charge in [-0.1, -0.05) is 24.6 Å². The number of nitrogens with zero attached hydrogens (tertiary/aromatic N) is 1. The fourth-order valence-corrected chi connectivity index (χ4v) is 4.17. The fraction of sp³-hybridized carbons (Fsp3) is 0.231. The molecular weight excluding hydrogens is 456 g/mol.